The number of likely N-dealkylation sites (tertiary alicyclic amines) is 1. The fraction of sp³-hybridized carbons (Fsp3) is 0.273. The van der Waals surface area contributed by atoms with E-state index in [1.54, 1.807) is 0 Å². The minimum Gasteiger partial charge on any atom is -0.392 e. The van der Waals surface area contributed by atoms with Crippen molar-refractivity contribution in [2.75, 3.05) is 19.7 Å². The van der Waals surface area contributed by atoms with Crippen molar-refractivity contribution in [3.05, 3.63) is 144 Å². The van der Waals surface area contributed by atoms with Gasteiger partial charge in [0.05, 0.1) is 6.10 Å². The van der Waals surface area contributed by atoms with Crippen LogP contribution in [0.5, 0.6) is 0 Å². The van der Waals surface area contributed by atoms with E-state index in [4.69, 9.17) is 4.74 Å². The highest BCUT2D eigenvalue weighted by atomic mass is 16.5. The Morgan fingerprint density at radius 3 is 1.64 bits per heavy atom. The summed E-state index contributed by atoms with van der Waals surface area (Å²) in [5.74, 6) is 0.233. The predicted molar refractivity (Wildman–Crippen MR) is 146 cm³/mol. The van der Waals surface area contributed by atoms with Gasteiger partial charge in [0.15, 0.2) is 0 Å². The molecule has 1 N–H and O–H groups in total. The van der Waals surface area contributed by atoms with Gasteiger partial charge in [0.25, 0.3) is 0 Å². The van der Waals surface area contributed by atoms with Crippen LogP contribution in [0.2, 0.25) is 0 Å². The lowest BCUT2D eigenvalue weighted by atomic mass is 9.80. The van der Waals surface area contributed by atoms with Crippen LogP contribution in [-0.2, 0) is 16.9 Å². The number of aliphatic hydroxyl groups excluding tert-OH is 1. The van der Waals surface area contributed by atoms with Crippen molar-refractivity contribution < 1.29 is 9.84 Å². The van der Waals surface area contributed by atoms with Crippen molar-refractivity contribution in [1.29, 1.82) is 0 Å². The molecule has 0 radical (unpaired) electrons. The van der Waals surface area contributed by atoms with Gasteiger partial charge < -0.3 is 9.84 Å². The van der Waals surface area contributed by atoms with Crippen LogP contribution in [-0.4, -0.2) is 35.8 Å². The van der Waals surface area contributed by atoms with Crippen molar-refractivity contribution in [2.45, 2.75) is 31.1 Å². The highest BCUT2D eigenvalue weighted by Crippen LogP contribution is 2.41. The van der Waals surface area contributed by atoms with Crippen LogP contribution in [0.3, 0.4) is 0 Å². The van der Waals surface area contributed by atoms with E-state index in [0.29, 0.717) is 13.2 Å². The van der Waals surface area contributed by atoms with E-state index in [2.05, 4.69) is 102 Å². The van der Waals surface area contributed by atoms with Crippen molar-refractivity contribution in [3.63, 3.8) is 0 Å². The zero-order chi connectivity index (χ0) is 24.6. The predicted octanol–water partition coefficient (Wildman–Crippen LogP) is 6.27. The summed E-state index contributed by atoms with van der Waals surface area (Å²) in [6.07, 6.45) is 1.46. The Morgan fingerprint density at radius 2 is 1.17 bits per heavy atom. The molecular weight excluding hydrogens is 442 g/mol. The molecule has 3 nitrogen and oxygen atoms in total. The first-order chi connectivity index (χ1) is 17.8. The molecule has 5 rings (SSSR count). The van der Waals surface area contributed by atoms with E-state index in [0.717, 1.165) is 42.6 Å². The van der Waals surface area contributed by atoms with Crippen LogP contribution >= 0.6 is 0 Å². The summed E-state index contributed by atoms with van der Waals surface area (Å²) in [5, 5.41) is 11.0. The number of piperidine rings is 1. The minimum absolute atomic E-state index is 0.233. The molecule has 4 aromatic rings. The first-order valence-corrected chi connectivity index (χ1v) is 13.0. The summed E-state index contributed by atoms with van der Waals surface area (Å²) in [5.41, 5.74) is 3.93. The number of ether oxygens (including phenoxy) is 1. The van der Waals surface area contributed by atoms with Crippen LogP contribution < -0.4 is 0 Å². The first kappa shape index (κ1) is 24.5. The number of hydrogen-bond acceptors (Lipinski definition) is 3. The third kappa shape index (κ3) is 5.44. The zero-order valence-corrected chi connectivity index (χ0v) is 20.7. The lowest BCUT2D eigenvalue weighted by molar-refractivity contribution is -0.0271. The topological polar surface area (TPSA) is 32.7 Å². The van der Waals surface area contributed by atoms with Crippen molar-refractivity contribution in [2.24, 2.45) is 5.92 Å². The molecule has 1 aliphatic heterocycles. The monoisotopic (exact) mass is 477 g/mol. The first-order valence-electron chi connectivity index (χ1n) is 13.0. The molecule has 3 heteroatoms. The molecule has 36 heavy (non-hydrogen) atoms. The van der Waals surface area contributed by atoms with Gasteiger partial charge in [-0.3, -0.25) is 4.90 Å². The second kappa shape index (κ2) is 11.7. The maximum atomic E-state index is 11.0. The van der Waals surface area contributed by atoms with Gasteiger partial charge in [-0.25, -0.2) is 0 Å². The van der Waals surface area contributed by atoms with Crippen molar-refractivity contribution in [3.8, 4) is 0 Å². The smallest absolute Gasteiger partial charge is 0.143 e. The third-order valence-corrected chi connectivity index (χ3v) is 7.40. The van der Waals surface area contributed by atoms with E-state index in [1.807, 2.05) is 24.3 Å². The van der Waals surface area contributed by atoms with Gasteiger partial charge in [-0.15, -0.1) is 0 Å². The van der Waals surface area contributed by atoms with Gasteiger partial charge in [-0.2, -0.15) is 0 Å². The molecule has 0 amide bonds. The van der Waals surface area contributed by atoms with Gasteiger partial charge in [0, 0.05) is 19.7 Å². The highest BCUT2D eigenvalue weighted by Gasteiger charge is 2.38. The second-order valence-electron chi connectivity index (χ2n) is 9.75. The number of β-amino-alcohol motifs (C(OH)–C–C–N with tert-alkyl or cyclic N) is 1. The average Bonchev–Trinajstić information content (AvgIpc) is 2.94. The van der Waals surface area contributed by atoms with Crippen molar-refractivity contribution >= 4 is 0 Å². The Morgan fingerprint density at radius 1 is 0.694 bits per heavy atom. The maximum Gasteiger partial charge on any atom is 0.143 e. The van der Waals surface area contributed by atoms with Gasteiger partial charge in [-0.1, -0.05) is 121 Å². The number of nitrogens with zero attached hydrogens (tertiary/aromatic N) is 1. The minimum atomic E-state index is -0.706. The molecule has 1 saturated heterocycles. The van der Waals surface area contributed by atoms with E-state index in [1.165, 1.54) is 5.56 Å². The van der Waals surface area contributed by atoms with Crippen LogP contribution in [0.25, 0.3) is 0 Å². The Balaban J connectivity index is 1.33. The molecule has 1 heterocycles. The SMILES string of the molecule is O[C@H]1CN(Cc2ccccc2)CC[C@@H]1CCOC(c1ccccc1)(c1ccccc1)c1ccccc1. The Bertz CT molecular complexity index is 1080. The summed E-state index contributed by atoms with van der Waals surface area (Å²) < 4.78 is 6.94. The van der Waals surface area contributed by atoms with Crippen molar-refractivity contribution in [1.82, 2.24) is 4.90 Å². The largest absolute Gasteiger partial charge is 0.392 e. The summed E-state index contributed by atoms with van der Waals surface area (Å²) in [6, 6.07) is 42.0. The molecule has 0 aromatic heterocycles. The fourth-order valence-electron chi connectivity index (χ4n) is 5.50. The number of aliphatic hydroxyl groups is 1. The molecule has 4 aromatic carbocycles. The van der Waals surface area contributed by atoms with Gasteiger partial charge in [0.2, 0.25) is 0 Å². The number of benzene rings is 4. The Kier molecular flexibility index (Phi) is 7.92. The summed E-state index contributed by atoms with van der Waals surface area (Å²) >= 11 is 0. The lowest BCUT2D eigenvalue weighted by Crippen LogP contribution is -2.44. The van der Waals surface area contributed by atoms with E-state index in [-0.39, 0.29) is 12.0 Å². The molecule has 1 fully saturated rings. The maximum absolute atomic E-state index is 11.0. The molecular formula is C33H35NO2. The average molecular weight is 478 g/mol. The summed E-state index contributed by atoms with van der Waals surface area (Å²) in [4.78, 5) is 2.36. The van der Waals surface area contributed by atoms with Crippen LogP contribution in [0.1, 0.15) is 35.1 Å². The lowest BCUT2D eigenvalue weighted by Gasteiger charge is -2.38. The number of hydrogen-bond donors (Lipinski definition) is 1. The highest BCUT2D eigenvalue weighted by molar-refractivity contribution is 5.47. The third-order valence-electron chi connectivity index (χ3n) is 7.40. The molecule has 2 atom stereocenters. The second-order valence-corrected chi connectivity index (χ2v) is 9.75. The van der Waals surface area contributed by atoms with Crippen LogP contribution in [0, 0.1) is 5.92 Å². The molecule has 0 unspecified atom stereocenters. The molecule has 184 valence electrons. The van der Waals surface area contributed by atoms with E-state index >= 15 is 0 Å². The van der Waals surface area contributed by atoms with Crippen LogP contribution in [0.4, 0.5) is 0 Å². The quantitative estimate of drug-likeness (QED) is 0.289. The van der Waals surface area contributed by atoms with E-state index in [9.17, 15) is 5.11 Å². The molecule has 0 spiro atoms. The molecule has 0 bridgehead atoms. The van der Waals surface area contributed by atoms with Gasteiger partial charge >= 0.3 is 0 Å². The van der Waals surface area contributed by atoms with Gasteiger partial charge in [0.1, 0.15) is 5.60 Å². The molecule has 0 aliphatic carbocycles. The zero-order valence-electron chi connectivity index (χ0n) is 20.7. The molecule has 0 saturated carbocycles. The number of rotatable bonds is 9. The van der Waals surface area contributed by atoms with Gasteiger partial charge in [-0.05, 0) is 47.6 Å². The fourth-order valence-corrected chi connectivity index (χ4v) is 5.50. The summed E-state index contributed by atoms with van der Waals surface area (Å²) in [6.45, 7) is 3.16. The standard InChI is InChI=1S/C33H35NO2/c35-32-26-34(25-27-13-5-1-6-14-27)23-21-28(32)22-24-36-33(29-15-7-2-8-16-29,30-17-9-3-10-18-30)31-19-11-4-12-20-31/h1-20,28,32,35H,21-26H2/t28-,32+/m1/s1. The Hall–Kier alpha value is -3.24. The summed E-state index contributed by atoms with van der Waals surface area (Å²) in [7, 11) is 0. The van der Waals surface area contributed by atoms with Crippen LogP contribution in [0.15, 0.2) is 121 Å². The molecule has 1 aliphatic rings. The van der Waals surface area contributed by atoms with E-state index < -0.39 is 5.60 Å². The Labute approximate surface area is 215 Å². The normalized spacial score (nSPS) is 18.7.